The number of carbonyl (C=O) groups is 1. The van der Waals surface area contributed by atoms with Crippen LogP contribution in [0, 0.1) is 0 Å². The van der Waals surface area contributed by atoms with E-state index in [1.807, 2.05) is 19.9 Å². The van der Waals surface area contributed by atoms with Crippen molar-refractivity contribution in [1.82, 2.24) is 0 Å². The molecule has 0 rings (SSSR count). The first-order chi connectivity index (χ1) is 5.31. The monoisotopic (exact) mass is 156 g/mol. The average Bonchev–Trinajstić information content (AvgIpc) is 1.99. The highest BCUT2D eigenvalue weighted by molar-refractivity contribution is 5.69. The quantitative estimate of drug-likeness (QED) is 0.347. The molecule has 2 heteroatoms. The maximum absolute atomic E-state index is 10.8. The standard InChI is InChI=1S/C9H16O2/c1-3-5-6-7-8-9(10)11-4-2/h3,5H,4,6-8H2,1-2H3/b5-3-. The predicted octanol–water partition coefficient (Wildman–Crippen LogP) is 2.30. The fourth-order valence-corrected chi connectivity index (χ4v) is 0.764. The van der Waals surface area contributed by atoms with Crippen LogP contribution in [0.5, 0.6) is 0 Å². The number of rotatable bonds is 5. The summed E-state index contributed by atoms with van der Waals surface area (Å²) in [7, 11) is 0. The van der Waals surface area contributed by atoms with Crippen molar-refractivity contribution < 1.29 is 9.53 Å². The van der Waals surface area contributed by atoms with Crippen molar-refractivity contribution in [3.05, 3.63) is 12.2 Å². The van der Waals surface area contributed by atoms with E-state index in [0.717, 1.165) is 12.8 Å². The van der Waals surface area contributed by atoms with Crippen LogP contribution in [0.2, 0.25) is 0 Å². The van der Waals surface area contributed by atoms with E-state index in [0.29, 0.717) is 13.0 Å². The molecular weight excluding hydrogens is 140 g/mol. The maximum atomic E-state index is 10.8. The van der Waals surface area contributed by atoms with E-state index in [2.05, 4.69) is 6.08 Å². The summed E-state index contributed by atoms with van der Waals surface area (Å²) in [5.74, 6) is -0.0861. The van der Waals surface area contributed by atoms with Crippen LogP contribution in [0.15, 0.2) is 12.2 Å². The van der Waals surface area contributed by atoms with Crippen LogP contribution in [0.3, 0.4) is 0 Å². The van der Waals surface area contributed by atoms with Gasteiger partial charge < -0.3 is 4.74 Å². The highest BCUT2D eigenvalue weighted by Crippen LogP contribution is 1.98. The number of esters is 1. The second-order valence-corrected chi connectivity index (χ2v) is 2.27. The van der Waals surface area contributed by atoms with Crippen LogP contribution in [0.4, 0.5) is 0 Å². The van der Waals surface area contributed by atoms with E-state index < -0.39 is 0 Å². The second kappa shape index (κ2) is 7.32. The van der Waals surface area contributed by atoms with Crippen LogP contribution < -0.4 is 0 Å². The molecule has 0 bridgehead atoms. The van der Waals surface area contributed by atoms with Crippen LogP contribution in [-0.4, -0.2) is 12.6 Å². The topological polar surface area (TPSA) is 26.3 Å². The zero-order chi connectivity index (χ0) is 8.53. The molecule has 0 spiro atoms. The van der Waals surface area contributed by atoms with Gasteiger partial charge >= 0.3 is 5.97 Å². The van der Waals surface area contributed by atoms with E-state index in [-0.39, 0.29) is 5.97 Å². The zero-order valence-electron chi connectivity index (χ0n) is 7.30. The van der Waals surface area contributed by atoms with E-state index in [4.69, 9.17) is 4.74 Å². The lowest BCUT2D eigenvalue weighted by Crippen LogP contribution is -2.02. The molecule has 0 fully saturated rings. The van der Waals surface area contributed by atoms with Gasteiger partial charge in [0.2, 0.25) is 0 Å². The van der Waals surface area contributed by atoms with Gasteiger partial charge in [-0.2, -0.15) is 0 Å². The molecule has 0 radical (unpaired) electrons. The molecule has 0 atom stereocenters. The number of hydrogen-bond donors (Lipinski definition) is 0. The summed E-state index contributed by atoms with van der Waals surface area (Å²) in [5, 5.41) is 0. The lowest BCUT2D eigenvalue weighted by atomic mass is 10.2. The molecular formula is C9H16O2. The third-order valence-electron chi connectivity index (χ3n) is 1.29. The van der Waals surface area contributed by atoms with E-state index in [1.165, 1.54) is 0 Å². The fourth-order valence-electron chi connectivity index (χ4n) is 0.764. The normalized spacial score (nSPS) is 10.4. The minimum absolute atomic E-state index is 0.0861. The number of allylic oxidation sites excluding steroid dienone is 2. The Balaban J connectivity index is 3.17. The largest absolute Gasteiger partial charge is 0.466 e. The molecule has 11 heavy (non-hydrogen) atoms. The Hall–Kier alpha value is -0.790. The van der Waals surface area contributed by atoms with Crippen LogP contribution >= 0.6 is 0 Å². The van der Waals surface area contributed by atoms with Gasteiger partial charge in [0.25, 0.3) is 0 Å². The van der Waals surface area contributed by atoms with Gasteiger partial charge in [-0.05, 0) is 26.7 Å². The molecule has 0 aliphatic carbocycles. The molecule has 0 amide bonds. The van der Waals surface area contributed by atoms with Crippen molar-refractivity contribution in [2.24, 2.45) is 0 Å². The Bertz CT molecular complexity index is 128. The molecule has 0 saturated carbocycles. The first-order valence-electron chi connectivity index (χ1n) is 4.08. The molecule has 64 valence electrons. The number of unbranched alkanes of at least 4 members (excludes halogenated alkanes) is 1. The average molecular weight is 156 g/mol. The van der Waals surface area contributed by atoms with Crippen molar-refractivity contribution in [3.63, 3.8) is 0 Å². The molecule has 2 nitrogen and oxygen atoms in total. The summed E-state index contributed by atoms with van der Waals surface area (Å²) in [6.07, 6.45) is 6.45. The lowest BCUT2D eigenvalue weighted by molar-refractivity contribution is -0.143. The van der Waals surface area contributed by atoms with Crippen molar-refractivity contribution in [2.45, 2.75) is 33.1 Å². The first kappa shape index (κ1) is 10.2. The Kier molecular flexibility index (Phi) is 6.79. The van der Waals surface area contributed by atoms with E-state index in [9.17, 15) is 4.79 Å². The summed E-state index contributed by atoms with van der Waals surface area (Å²) in [4.78, 5) is 10.8. The molecule has 0 saturated heterocycles. The SMILES string of the molecule is C/C=C\CCCC(=O)OCC. The van der Waals surface area contributed by atoms with Gasteiger partial charge in [-0.1, -0.05) is 12.2 Å². The number of ether oxygens (including phenoxy) is 1. The molecule has 0 aliphatic heterocycles. The molecule has 0 unspecified atom stereocenters. The molecule has 0 aliphatic rings. The van der Waals surface area contributed by atoms with Crippen LogP contribution in [0.25, 0.3) is 0 Å². The third kappa shape index (κ3) is 7.10. The molecule has 0 aromatic carbocycles. The van der Waals surface area contributed by atoms with Gasteiger partial charge in [0.15, 0.2) is 0 Å². The molecule has 0 aromatic rings. The second-order valence-electron chi connectivity index (χ2n) is 2.27. The highest BCUT2D eigenvalue weighted by atomic mass is 16.5. The Labute approximate surface area is 68.2 Å². The lowest BCUT2D eigenvalue weighted by Gasteiger charge is -1.98. The smallest absolute Gasteiger partial charge is 0.305 e. The van der Waals surface area contributed by atoms with Crippen LogP contribution in [-0.2, 0) is 9.53 Å². The van der Waals surface area contributed by atoms with E-state index in [1.54, 1.807) is 0 Å². The summed E-state index contributed by atoms with van der Waals surface area (Å²) < 4.78 is 4.76. The Morgan fingerprint density at radius 3 is 2.82 bits per heavy atom. The third-order valence-corrected chi connectivity index (χ3v) is 1.29. The minimum atomic E-state index is -0.0861. The first-order valence-corrected chi connectivity index (χ1v) is 4.08. The number of hydrogen-bond acceptors (Lipinski definition) is 2. The maximum Gasteiger partial charge on any atom is 0.305 e. The van der Waals surface area contributed by atoms with Gasteiger partial charge in [0.05, 0.1) is 6.61 Å². The summed E-state index contributed by atoms with van der Waals surface area (Å²) in [6, 6.07) is 0. The summed E-state index contributed by atoms with van der Waals surface area (Å²) in [5.41, 5.74) is 0. The Morgan fingerprint density at radius 2 is 2.27 bits per heavy atom. The molecule has 0 aromatic heterocycles. The van der Waals surface area contributed by atoms with E-state index >= 15 is 0 Å². The van der Waals surface area contributed by atoms with Crippen molar-refractivity contribution >= 4 is 5.97 Å². The van der Waals surface area contributed by atoms with Gasteiger partial charge in [0, 0.05) is 6.42 Å². The van der Waals surface area contributed by atoms with Gasteiger partial charge in [-0.25, -0.2) is 0 Å². The summed E-state index contributed by atoms with van der Waals surface area (Å²) in [6.45, 7) is 4.29. The van der Waals surface area contributed by atoms with Gasteiger partial charge in [0.1, 0.15) is 0 Å². The fraction of sp³-hybridized carbons (Fsp3) is 0.667. The van der Waals surface area contributed by atoms with Gasteiger partial charge in [-0.15, -0.1) is 0 Å². The summed E-state index contributed by atoms with van der Waals surface area (Å²) >= 11 is 0. The van der Waals surface area contributed by atoms with Crippen molar-refractivity contribution in [2.75, 3.05) is 6.61 Å². The molecule has 0 N–H and O–H groups in total. The predicted molar refractivity (Wildman–Crippen MR) is 45.3 cm³/mol. The van der Waals surface area contributed by atoms with Crippen molar-refractivity contribution in [1.29, 1.82) is 0 Å². The van der Waals surface area contributed by atoms with Gasteiger partial charge in [-0.3, -0.25) is 4.79 Å². The Morgan fingerprint density at radius 1 is 1.55 bits per heavy atom. The zero-order valence-corrected chi connectivity index (χ0v) is 7.30. The number of carbonyl (C=O) groups excluding carboxylic acids is 1. The highest BCUT2D eigenvalue weighted by Gasteiger charge is 1.98. The molecule has 0 heterocycles. The van der Waals surface area contributed by atoms with Crippen LogP contribution in [0.1, 0.15) is 33.1 Å². The minimum Gasteiger partial charge on any atom is -0.466 e. The van der Waals surface area contributed by atoms with Crippen molar-refractivity contribution in [3.8, 4) is 0 Å².